The zero-order valence-electron chi connectivity index (χ0n) is 10.0. The summed E-state index contributed by atoms with van der Waals surface area (Å²) in [7, 11) is 0. The third-order valence-electron chi connectivity index (χ3n) is 2.57. The lowest BCUT2D eigenvalue weighted by Gasteiger charge is -2.06. The van der Waals surface area contributed by atoms with Crippen molar-refractivity contribution in [2.45, 2.75) is 33.1 Å². The Morgan fingerprint density at radius 1 is 1.44 bits per heavy atom. The number of hydrogen-bond acceptors (Lipinski definition) is 1. The molecule has 0 aliphatic rings. The number of rotatable bonds is 4. The lowest BCUT2D eigenvalue weighted by atomic mass is 9.99. The molecule has 0 aliphatic heterocycles. The predicted octanol–water partition coefficient (Wildman–Crippen LogP) is 3.69. The minimum atomic E-state index is -0.836. The number of carbonyl (C=O) groups is 1. The lowest BCUT2D eigenvalue weighted by molar-refractivity contribution is -0.132. The van der Waals surface area contributed by atoms with Crippen molar-refractivity contribution >= 4 is 12.0 Å². The van der Waals surface area contributed by atoms with E-state index in [-0.39, 0.29) is 0 Å². The van der Waals surface area contributed by atoms with Crippen molar-refractivity contribution in [3.05, 3.63) is 41.0 Å². The Hall–Kier alpha value is -1.57. The Kier molecular flexibility index (Phi) is 4.29. The van der Waals surface area contributed by atoms with Crippen LogP contribution in [0, 0.1) is 0 Å². The number of carboxylic acid groups (broad SMARTS) is 1. The van der Waals surface area contributed by atoms with E-state index in [1.54, 1.807) is 6.08 Å². The molecular formula is C14H18O2. The highest BCUT2D eigenvalue weighted by atomic mass is 16.4. The van der Waals surface area contributed by atoms with Gasteiger partial charge in [-0.25, -0.2) is 4.79 Å². The summed E-state index contributed by atoms with van der Waals surface area (Å²) in [6.07, 6.45) is 2.29. The number of hydrogen-bond donors (Lipinski definition) is 1. The summed E-state index contributed by atoms with van der Waals surface area (Å²) in [6, 6.07) is 8.01. The molecule has 0 amide bonds. The van der Waals surface area contributed by atoms with E-state index in [2.05, 4.69) is 19.9 Å². The minimum absolute atomic E-state index is 0.445. The number of carboxylic acids is 1. The lowest BCUT2D eigenvalue weighted by Crippen LogP contribution is -1.98. The van der Waals surface area contributed by atoms with Gasteiger partial charge in [-0.05, 0) is 29.5 Å². The fraction of sp³-hybridized carbons (Fsp3) is 0.357. The second-order valence-corrected chi connectivity index (χ2v) is 4.15. The highest BCUT2D eigenvalue weighted by Gasteiger charge is 2.05. The summed E-state index contributed by atoms with van der Waals surface area (Å²) in [5.41, 5.74) is 2.64. The average molecular weight is 218 g/mol. The largest absolute Gasteiger partial charge is 0.478 e. The third-order valence-corrected chi connectivity index (χ3v) is 2.57. The molecule has 86 valence electrons. The molecule has 0 atom stereocenters. The van der Waals surface area contributed by atoms with Gasteiger partial charge in [0.15, 0.2) is 0 Å². The minimum Gasteiger partial charge on any atom is -0.478 e. The van der Waals surface area contributed by atoms with E-state index in [0.29, 0.717) is 17.9 Å². The van der Waals surface area contributed by atoms with Crippen molar-refractivity contribution in [3.8, 4) is 0 Å². The molecule has 0 bridgehead atoms. The first kappa shape index (κ1) is 12.5. The van der Waals surface area contributed by atoms with Gasteiger partial charge < -0.3 is 5.11 Å². The highest BCUT2D eigenvalue weighted by Crippen LogP contribution is 2.18. The molecule has 1 aromatic rings. The molecule has 0 saturated heterocycles. The van der Waals surface area contributed by atoms with Crippen LogP contribution < -0.4 is 0 Å². The molecule has 1 aromatic carbocycles. The van der Waals surface area contributed by atoms with Gasteiger partial charge in [0.25, 0.3) is 0 Å². The normalized spacial score (nSPS) is 11.9. The van der Waals surface area contributed by atoms with Gasteiger partial charge in [0.05, 0.1) is 0 Å². The van der Waals surface area contributed by atoms with Gasteiger partial charge >= 0.3 is 5.97 Å². The van der Waals surface area contributed by atoms with Crippen molar-refractivity contribution in [2.75, 3.05) is 0 Å². The van der Waals surface area contributed by atoms with E-state index >= 15 is 0 Å². The molecule has 16 heavy (non-hydrogen) atoms. The Balaban J connectivity index is 3.05. The number of aliphatic carboxylic acids is 1. The molecular weight excluding hydrogens is 200 g/mol. The average Bonchev–Trinajstić information content (AvgIpc) is 2.25. The van der Waals surface area contributed by atoms with Gasteiger partial charge in [0, 0.05) is 5.57 Å². The first-order valence-corrected chi connectivity index (χ1v) is 5.58. The molecule has 2 heteroatoms. The monoisotopic (exact) mass is 218 g/mol. The Morgan fingerprint density at radius 3 is 2.62 bits per heavy atom. The molecule has 1 rings (SSSR count). The maximum Gasteiger partial charge on any atom is 0.331 e. The van der Waals surface area contributed by atoms with Gasteiger partial charge in [-0.2, -0.15) is 0 Å². The first-order valence-electron chi connectivity index (χ1n) is 5.58. The SMILES string of the molecule is CC/C(=C\c1cccc(C(C)C)c1)C(=O)O. The van der Waals surface area contributed by atoms with Crippen LogP contribution in [0.2, 0.25) is 0 Å². The number of benzene rings is 1. The highest BCUT2D eigenvalue weighted by molar-refractivity contribution is 5.92. The summed E-state index contributed by atoms with van der Waals surface area (Å²) in [5.74, 6) is -0.374. The maximum atomic E-state index is 10.9. The van der Waals surface area contributed by atoms with Crippen molar-refractivity contribution in [1.29, 1.82) is 0 Å². The van der Waals surface area contributed by atoms with Gasteiger partial charge in [-0.3, -0.25) is 0 Å². The quantitative estimate of drug-likeness (QED) is 0.782. The molecule has 2 nitrogen and oxygen atoms in total. The summed E-state index contributed by atoms with van der Waals surface area (Å²) >= 11 is 0. The fourth-order valence-electron chi connectivity index (χ4n) is 1.52. The van der Waals surface area contributed by atoms with E-state index in [0.717, 1.165) is 5.56 Å². The van der Waals surface area contributed by atoms with Crippen LogP contribution in [0.5, 0.6) is 0 Å². The standard InChI is InChI=1S/C14H18O2/c1-4-12(14(15)16)8-11-6-5-7-13(9-11)10(2)3/h5-10H,4H2,1-3H3,(H,15,16)/b12-8+. The smallest absolute Gasteiger partial charge is 0.331 e. The summed E-state index contributed by atoms with van der Waals surface area (Å²) in [6.45, 7) is 6.10. The van der Waals surface area contributed by atoms with Crippen molar-refractivity contribution < 1.29 is 9.90 Å². The van der Waals surface area contributed by atoms with Crippen LogP contribution in [-0.2, 0) is 4.79 Å². The zero-order chi connectivity index (χ0) is 12.1. The van der Waals surface area contributed by atoms with E-state index in [4.69, 9.17) is 5.11 Å². The van der Waals surface area contributed by atoms with Gasteiger partial charge in [0.1, 0.15) is 0 Å². The van der Waals surface area contributed by atoms with Crippen molar-refractivity contribution in [3.63, 3.8) is 0 Å². The van der Waals surface area contributed by atoms with Crippen LogP contribution in [0.25, 0.3) is 6.08 Å². The Labute approximate surface area is 96.6 Å². The molecule has 0 radical (unpaired) electrons. The molecule has 0 fully saturated rings. The summed E-state index contributed by atoms with van der Waals surface area (Å²) < 4.78 is 0. The van der Waals surface area contributed by atoms with E-state index in [1.807, 2.05) is 25.1 Å². The zero-order valence-corrected chi connectivity index (χ0v) is 10.0. The Morgan fingerprint density at radius 2 is 2.12 bits per heavy atom. The van der Waals surface area contributed by atoms with Gasteiger partial charge in [-0.1, -0.05) is 45.0 Å². The van der Waals surface area contributed by atoms with Crippen LogP contribution in [0.3, 0.4) is 0 Å². The van der Waals surface area contributed by atoms with Crippen LogP contribution in [-0.4, -0.2) is 11.1 Å². The van der Waals surface area contributed by atoms with Crippen LogP contribution in [0.1, 0.15) is 44.2 Å². The van der Waals surface area contributed by atoms with E-state index < -0.39 is 5.97 Å². The van der Waals surface area contributed by atoms with Crippen LogP contribution >= 0.6 is 0 Å². The summed E-state index contributed by atoms with van der Waals surface area (Å²) in [5, 5.41) is 8.94. The maximum absolute atomic E-state index is 10.9. The predicted molar refractivity (Wildman–Crippen MR) is 66.4 cm³/mol. The van der Waals surface area contributed by atoms with Crippen molar-refractivity contribution in [2.24, 2.45) is 0 Å². The molecule has 0 aliphatic carbocycles. The van der Waals surface area contributed by atoms with E-state index in [9.17, 15) is 4.79 Å². The first-order chi connectivity index (χ1) is 7.54. The molecule has 0 spiro atoms. The van der Waals surface area contributed by atoms with Crippen molar-refractivity contribution in [1.82, 2.24) is 0 Å². The van der Waals surface area contributed by atoms with Crippen LogP contribution in [0.15, 0.2) is 29.8 Å². The molecule has 0 saturated carbocycles. The van der Waals surface area contributed by atoms with E-state index in [1.165, 1.54) is 5.56 Å². The fourth-order valence-corrected chi connectivity index (χ4v) is 1.52. The third kappa shape index (κ3) is 3.23. The second-order valence-electron chi connectivity index (χ2n) is 4.15. The molecule has 0 heterocycles. The topological polar surface area (TPSA) is 37.3 Å². The molecule has 1 N–H and O–H groups in total. The molecule has 0 unspecified atom stereocenters. The Bertz CT molecular complexity index is 403. The second kappa shape index (κ2) is 5.50. The molecule has 0 aromatic heterocycles. The summed E-state index contributed by atoms with van der Waals surface area (Å²) in [4.78, 5) is 10.9. The van der Waals surface area contributed by atoms with Gasteiger partial charge in [-0.15, -0.1) is 0 Å². The van der Waals surface area contributed by atoms with Gasteiger partial charge in [0.2, 0.25) is 0 Å². The van der Waals surface area contributed by atoms with Crippen LogP contribution in [0.4, 0.5) is 0 Å².